The van der Waals surface area contributed by atoms with Gasteiger partial charge in [-0.1, -0.05) is 0 Å². The summed E-state index contributed by atoms with van der Waals surface area (Å²) in [6.07, 6.45) is 0. The van der Waals surface area contributed by atoms with Crippen molar-refractivity contribution in [3.63, 3.8) is 0 Å². The number of sulfonamides is 1. The number of rotatable bonds is 12. The van der Waals surface area contributed by atoms with Crippen molar-refractivity contribution < 1.29 is 45.0 Å². The first-order valence-corrected chi connectivity index (χ1v) is 14.5. The highest BCUT2D eigenvalue weighted by Crippen LogP contribution is 2.38. The van der Waals surface area contributed by atoms with Gasteiger partial charge in [-0.05, 0) is 61.0 Å². The lowest BCUT2D eigenvalue weighted by atomic mass is 10.2. The average Bonchev–Trinajstić information content (AvgIpc) is 3.39. The smallest absolute Gasteiger partial charge is 0.251 e. The lowest BCUT2D eigenvalue weighted by molar-refractivity contribution is 0.0936. The van der Waals surface area contributed by atoms with Gasteiger partial charge in [0.05, 0.1) is 13.1 Å². The Labute approximate surface area is 241 Å². The molecule has 0 saturated carbocycles. The second-order valence-corrected chi connectivity index (χ2v) is 11.8. The number of benzene rings is 3. The number of nitrogens with one attached hydrogen (secondary N) is 3. The fourth-order valence-electron chi connectivity index (χ4n) is 3.61. The van der Waals surface area contributed by atoms with Crippen molar-refractivity contribution in [2.75, 3.05) is 33.4 Å². The number of hydrogen-bond acceptors (Lipinski definition) is 7. The van der Waals surface area contributed by atoms with Crippen molar-refractivity contribution in [1.29, 1.82) is 0 Å². The zero-order valence-electron chi connectivity index (χ0n) is 21.8. The molecular weight excluding hydrogens is 602 g/mol. The minimum Gasteiger partial charge on any atom is -0.488 e. The van der Waals surface area contributed by atoms with Crippen molar-refractivity contribution in [3.8, 4) is 11.5 Å². The Bertz CT molecular complexity index is 1640. The molecule has 3 aromatic carbocycles. The normalized spacial score (nSPS) is 11.4. The average molecular weight is 626 g/mol. The molecule has 0 fully saturated rings. The molecule has 0 spiro atoms. The summed E-state index contributed by atoms with van der Waals surface area (Å²) in [7, 11) is -2.44. The van der Waals surface area contributed by atoms with Crippen molar-refractivity contribution >= 4 is 43.3 Å². The molecule has 0 bridgehead atoms. The summed E-state index contributed by atoms with van der Waals surface area (Å²) < 4.78 is 92.0. The van der Waals surface area contributed by atoms with E-state index in [0.29, 0.717) is 10.1 Å². The third-order valence-corrected chi connectivity index (χ3v) is 8.73. The summed E-state index contributed by atoms with van der Waals surface area (Å²) >= 11 is 0.991. The van der Waals surface area contributed by atoms with Gasteiger partial charge in [0, 0.05) is 21.9 Å². The molecule has 0 aliphatic heterocycles. The van der Waals surface area contributed by atoms with Gasteiger partial charge in [-0.3, -0.25) is 9.59 Å². The molecule has 4 rings (SSSR count). The number of ether oxygens (including phenoxy) is 2. The Morgan fingerprint density at radius 3 is 1.71 bits per heavy atom. The maximum atomic E-state index is 13.4. The Kier molecular flexibility index (Phi) is 9.65. The maximum absolute atomic E-state index is 13.4. The fraction of sp³-hybridized carbons (Fsp3) is 0.185. The molecule has 42 heavy (non-hydrogen) atoms. The second kappa shape index (κ2) is 13.2. The summed E-state index contributed by atoms with van der Waals surface area (Å²) in [5.41, 5.74) is -0.164. The zero-order chi connectivity index (χ0) is 30.4. The van der Waals surface area contributed by atoms with Crippen LogP contribution in [-0.2, 0) is 10.0 Å². The topological polar surface area (TPSA) is 123 Å². The number of carbonyl (C=O) groups is 2. The predicted octanol–water partition coefficient (Wildman–Crippen LogP) is 3.98. The largest absolute Gasteiger partial charge is 0.488 e. The van der Waals surface area contributed by atoms with Crippen LogP contribution >= 0.6 is 11.3 Å². The van der Waals surface area contributed by atoms with Gasteiger partial charge in [0.1, 0.15) is 17.4 Å². The Hall–Kier alpha value is -4.21. The van der Waals surface area contributed by atoms with Crippen LogP contribution in [0.4, 0.5) is 17.6 Å². The first kappa shape index (κ1) is 30.7. The molecule has 0 atom stereocenters. The fourth-order valence-corrected chi connectivity index (χ4v) is 5.86. The Balaban J connectivity index is 1.43. The van der Waals surface area contributed by atoms with Crippen LogP contribution in [0.3, 0.4) is 0 Å². The summed E-state index contributed by atoms with van der Waals surface area (Å²) in [4.78, 5) is 24.5. The zero-order valence-corrected chi connectivity index (χ0v) is 23.4. The molecule has 0 saturated heterocycles. The van der Waals surface area contributed by atoms with Gasteiger partial charge in [-0.25, -0.2) is 30.7 Å². The first-order valence-electron chi connectivity index (χ1n) is 12.2. The molecule has 2 amide bonds. The molecule has 9 nitrogen and oxygen atoms in total. The number of amides is 2. The van der Waals surface area contributed by atoms with Gasteiger partial charge in [0.15, 0.2) is 34.8 Å². The predicted molar refractivity (Wildman–Crippen MR) is 146 cm³/mol. The Morgan fingerprint density at radius 1 is 0.738 bits per heavy atom. The van der Waals surface area contributed by atoms with Crippen LogP contribution in [-0.4, -0.2) is 53.6 Å². The Morgan fingerprint density at radius 2 is 1.24 bits per heavy atom. The first-order chi connectivity index (χ1) is 20.0. The number of hydrogen-bond donors (Lipinski definition) is 3. The number of thiophene rings is 1. The van der Waals surface area contributed by atoms with E-state index in [1.165, 1.54) is 13.1 Å². The third kappa shape index (κ3) is 7.35. The van der Waals surface area contributed by atoms with Crippen LogP contribution in [0.1, 0.15) is 20.7 Å². The molecule has 15 heteroatoms. The van der Waals surface area contributed by atoms with E-state index in [1.54, 1.807) is 12.1 Å². The standard InChI is InChI=1S/C27H23F4N3O6S2/c1-32-42(37,38)25-13-17-12-22(39-8-6-33-26(35)15-2-4-18(28)20(30)10-15)23(14-24(17)41-25)40-9-7-34-27(36)16-3-5-19(29)21(31)11-16/h2-5,10-14,32H,6-9H2,1H3,(H,33,35)(H,34,36). The van der Waals surface area contributed by atoms with E-state index < -0.39 is 45.1 Å². The highest BCUT2D eigenvalue weighted by atomic mass is 32.2. The van der Waals surface area contributed by atoms with Crippen molar-refractivity contribution in [2.45, 2.75) is 4.21 Å². The lowest BCUT2D eigenvalue weighted by Gasteiger charge is -2.14. The van der Waals surface area contributed by atoms with Crippen LogP contribution in [0.5, 0.6) is 11.5 Å². The minimum absolute atomic E-state index is 0.0244. The summed E-state index contributed by atoms with van der Waals surface area (Å²) in [6.45, 7) is -0.195. The van der Waals surface area contributed by atoms with E-state index in [2.05, 4.69) is 15.4 Å². The summed E-state index contributed by atoms with van der Waals surface area (Å²) in [5, 5.41) is 5.57. The molecule has 0 unspecified atom stereocenters. The quantitative estimate of drug-likeness (QED) is 0.162. The van der Waals surface area contributed by atoms with Gasteiger partial charge in [-0.2, -0.15) is 0 Å². The van der Waals surface area contributed by atoms with Crippen molar-refractivity contribution in [3.05, 3.63) is 89.0 Å². The third-order valence-electron chi connectivity index (χ3n) is 5.75. The van der Waals surface area contributed by atoms with E-state index >= 15 is 0 Å². The molecule has 0 radical (unpaired) electrons. The summed E-state index contributed by atoms with van der Waals surface area (Å²) in [6, 6.07) is 10.0. The van der Waals surface area contributed by atoms with Gasteiger partial charge < -0.3 is 20.1 Å². The number of carbonyl (C=O) groups excluding carboxylic acids is 2. The molecular formula is C27H23F4N3O6S2. The molecule has 1 aromatic heterocycles. The monoisotopic (exact) mass is 625 g/mol. The highest BCUT2D eigenvalue weighted by Gasteiger charge is 2.18. The molecule has 1 heterocycles. The van der Waals surface area contributed by atoms with Crippen LogP contribution in [0, 0.1) is 23.3 Å². The molecule has 0 aliphatic rings. The number of fused-ring (bicyclic) bond motifs is 1. The van der Waals surface area contributed by atoms with E-state index in [4.69, 9.17) is 9.47 Å². The van der Waals surface area contributed by atoms with Gasteiger partial charge in [0.2, 0.25) is 10.0 Å². The van der Waals surface area contributed by atoms with Crippen LogP contribution in [0.15, 0.2) is 58.8 Å². The van der Waals surface area contributed by atoms with Crippen molar-refractivity contribution in [1.82, 2.24) is 15.4 Å². The minimum atomic E-state index is -3.72. The van der Waals surface area contributed by atoms with Gasteiger partial charge in [-0.15, -0.1) is 11.3 Å². The lowest BCUT2D eigenvalue weighted by Crippen LogP contribution is -2.29. The van der Waals surface area contributed by atoms with E-state index in [-0.39, 0.29) is 53.1 Å². The van der Waals surface area contributed by atoms with Crippen LogP contribution < -0.4 is 24.8 Å². The number of halogens is 4. The van der Waals surface area contributed by atoms with E-state index in [1.807, 2.05) is 0 Å². The van der Waals surface area contributed by atoms with Gasteiger partial charge >= 0.3 is 0 Å². The van der Waals surface area contributed by atoms with Gasteiger partial charge in [0.25, 0.3) is 11.8 Å². The molecule has 0 aliphatic carbocycles. The van der Waals surface area contributed by atoms with E-state index in [0.717, 1.165) is 47.7 Å². The highest BCUT2D eigenvalue weighted by molar-refractivity contribution is 7.91. The van der Waals surface area contributed by atoms with Crippen molar-refractivity contribution in [2.24, 2.45) is 0 Å². The maximum Gasteiger partial charge on any atom is 0.251 e. The van der Waals surface area contributed by atoms with Crippen LogP contribution in [0.2, 0.25) is 0 Å². The molecule has 3 N–H and O–H groups in total. The molecule has 222 valence electrons. The summed E-state index contributed by atoms with van der Waals surface area (Å²) in [5.74, 6) is -5.39. The SMILES string of the molecule is CNS(=O)(=O)c1cc2cc(OCCNC(=O)c3ccc(F)c(F)c3)c(OCCNC(=O)c3ccc(F)c(F)c3)cc2s1. The van der Waals surface area contributed by atoms with Crippen LogP contribution in [0.25, 0.3) is 10.1 Å². The second-order valence-electron chi connectivity index (χ2n) is 8.58. The molecule has 4 aromatic rings. The van der Waals surface area contributed by atoms with E-state index in [9.17, 15) is 35.6 Å².